The van der Waals surface area contributed by atoms with E-state index in [2.05, 4.69) is 28.2 Å². The van der Waals surface area contributed by atoms with Crippen molar-refractivity contribution in [1.82, 2.24) is 5.32 Å². The van der Waals surface area contributed by atoms with Crippen LogP contribution in [0, 0.1) is 11.8 Å². The number of benzene rings is 1. The highest BCUT2D eigenvalue weighted by atomic mass is 79.9. The van der Waals surface area contributed by atoms with Gasteiger partial charge in [-0.15, -0.1) is 0 Å². The topological polar surface area (TPSA) is 41.5 Å². The van der Waals surface area contributed by atoms with E-state index < -0.39 is 0 Å². The molecule has 118 valence electrons. The number of phenols is 1. The molecular formula is C17H26BrNO2. The standard InChI is InChI=1S/C17H26BrNO2/c1-3-12-4-6-13(7-5-12)10-19-11-14-8-15(18)17(20)16(9-14)21-2/h8-9,12-13,19-20H,3-7,10-11H2,1-2H3. The zero-order valence-corrected chi connectivity index (χ0v) is 14.6. The molecule has 1 saturated carbocycles. The third-order valence-electron chi connectivity index (χ3n) is 4.61. The number of aromatic hydroxyl groups is 1. The van der Waals surface area contributed by atoms with E-state index in [4.69, 9.17) is 4.74 Å². The highest BCUT2D eigenvalue weighted by molar-refractivity contribution is 9.10. The second-order valence-corrected chi connectivity index (χ2v) is 6.91. The summed E-state index contributed by atoms with van der Waals surface area (Å²) in [5.74, 6) is 2.46. The van der Waals surface area contributed by atoms with Gasteiger partial charge in [0.05, 0.1) is 11.6 Å². The Morgan fingerprint density at radius 1 is 1.24 bits per heavy atom. The summed E-state index contributed by atoms with van der Waals surface area (Å²) < 4.78 is 5.86. The van der Waals surface area contributed by atoms with Crippen molar-refractivity contribution in [3.8, 4) is 11.5 Å². The SMILES string of the molecule is CCC1CCC(CNCc2cc(Br)c(O)c(OC)c2)CC1. The van der Waals surface area contributed by atoms with E-state index in [1.807, 2.05) is 12.1 Å². The summed E-state index contributed by atoms with van der Waals surface area (Å²) in [6.45, 7) is 4.19. The largest absolute Gasteiger partial charge is 0.503 e. The number of hydrogen-bond donors (Lipinski definition) is 2. The van der Waals surface area contributed by atoms with E-state index in [1.165, 1.54) is 32.1 Å². The molecule has 0 aliphatic heterocycles. The van der Waals surface area contributed by atoms with Gasteiger partial charge in [-0.25, -0.2) is 0 Å². The number of phenolic OH excluding ortho intramolecular Hbond substituents is 1. The van der Waals surface area contributed by atoms with Gasteiger partial charge in [0.15, 0.2) is 11.5 Å². The number of halogens is 1. The van der Waals surface area contributed by atoms with Crippen molar-refractivity contribution >= 4 is 15.9 Å². The van der Waals surface area contributed by atoms with Gasteiger partial charge < -0.3 is 15.2 Å². The van der Waals surface area contributed by atoms with Crippen molar-refractivity contribution < 1.29 is 9.84 Å². The number of hydrogen-bond acceptors (Lipinski definition) is 3. The molecule has 0 aromatic heterocycles. The fraction of sp³-hybridized carbons (Fsp3) is 0.647. The Labute approximate surface area is 136 Å². The number of rotatable bonds is 6. The Kier molecular flexibility index (Phi) is 6.37. The van der Waals surface area contributed by atoms with Crippen molar-refractivity contribution in [2.24, 2.45) is 11.8 Å². The first-order valence-electron chi connectivity index (χ1n) is 7.90. The summed E-state index contributed by atoms with van der Waals surface area (Å²) >= 11 is 3.36. The predicted molar refractivity (Wildman–Crippen MR) is 89.8 cm³/mol. The van der Waals surface area contributed by atoms with E-state index in [9.17, 15) is 5.11 Å². The van der Waals surface area contributed by atoms with Gasteiger partial charge in [0, 0.05) is 6.54 Å². The van der Waals surface area contributed by atoms with Gasteiger partial charge in [-0.3, -0.25) is 0 Å². The zero-order valence-electron chi connectivity index (χ0n) is 13.0. The second kappa shape index (κ2) is 8.04. The Balaban J connectivity index is 1.80. The van der Waals surface area contributed by atoms with E-state index in [1.54, 1.807) is 7.11 Å². The molecule has 0 spiro atoms. The summed E-state index contributed by atoms with van der Waals surface area (Å²) in [7, 11) is 1.57. The van der Waals surface area contributed by atoms with Crippen molar-refractivity contribution in [1.29, 1.82) is 0 Å². The van der Waals surface area contributed by atoms with Crippen LogP contribution in [0.2, 0.25) is 0 Å². The lowest BCUT2D eigenvalue weighted by Crippen LogP contribution is -2.26. The first kappa shape index (κ1) is 16.6. The van der Waals surface area contributed by atoms with Crippen molar-refractivity contribution in [2.75, 3.05) is 13.7 Å². The van der Waals surface area contributed by atoms with Crippen LogP contribution in [-0.4, -0.2) is 18.8 Å². The molecule has 0 heterocycles. The van der Waals surface area contributed by atoms with Crippen LogP contribution in [-0.2, 0) is 6.54 Å². The molecule has 21 heavy (non-hydrogen) atoms. The molecule has 2 rings (SSSR count). The molecule has 0 atom stereocenters. The molecule has 1 aromatic carbocycles. The molecule has 2 N–H and O–H groups in total. The number of methoxy groups -OCH3 is 1. The van der Waals surface area contributed by atoms with E-state index >= 15 is 0 Å². The van der Waals surface area contributed by atoms with Crippen LogP contribution in [0.4, 0.5) is 0 Å². The maximum atomic E-state index is 9.81. The molecule has 1 aliphatic carbocycles. The fourth-order valence-corrected chi connectivity index (χ4v) is 3.64. The van der Waals surface area contributed by atoms with Crippen LogP contribution in [0.15, 0.2) is 16.6 Å². The first-order valence-corrected chi connectivity index (χ1v) is 8.69. The highest BCUT2D eigenvalue weighted by Crippen LogP contribution is 2.35. The maximum Gasteiger partial charge on any atom is 0.172 e. The smallest absolute Gasteiger partial charge is 0.172 e. The molecule has 1 fully saturated rings. The number of nitrogens with one attached hydrogen (secondary N) is 1. The van der Waals surface area contributed by atoms with Crippen molar-refractivity contribution in [2.45, 2.75) is 45.6 Å². The molecule has 0 unspecified atom stereocenters. The van der Waals surface area contributed by atoms with E-state index in [-0.39, 0.29) is 5.75 Å². The molecule has 0 bridgehead atoms. The fourth-order valence-electron chi connectivity index (χ4n) is 3.15. The number of ether oxygens (including phenoxy) is 1. The summed E-state index contributed by atoms with van der Waals surface area (Å²) in [5, 5.41) is 13.4. The van der Waals surface area contributed by atoms with Crippen LogP contribution in [0.25, 0.3) is 0 Å². The lowest BCUT2D eigenvalue weighted by Gasteiger charge is -2.28. The van der Waals surface area contributed by atoms with Gasteiger partial charge in [0.25, 0.3) is 0 Å². The molecule has 1 aliphatic rings. The molecular weight excluding hydrogens is 330 g/mol. The Morgan fingerprint density at radius 2 is 1.90 bits per heavy atom. The second-order valence-electron chi connectivity index (χ2n) is 6.05. The van der Waals surface area contributed by atoms with E-state index in [0.29, 0.717) is 10.2 Å². The lowest BCUT2D eigenvalue weighted by atomic mass is 9.81. The van der Waals surface area contributed by atoms with Crippen LogP contribution in [0.1, 0.15) is 44.6 Å². The van der Waals surface area contributed by atoms with Crippen LogP contribution >= 0.6 is 15.9 Å². The van der Waals surface area contributed by atoms with Crippen LogP contribution in [0.3, 0.4) is 0 Å². The molecule has 1 aromatic rings. The Morgan fingerprint density at radius 3 is 2.52 bits per heavy atom. The molecule has 4 heteroatoms. The van der Waals surface area contributed by atoms with Gasteiger partial charge >= 0.3 is 0 Å². The summed E-state index contributed by atoms with van der Waals surface area (Å²) in [4.78, 5) is 0. The molecule has 3 nitrogen and oxygen atoms in total. The minimum Gasteiger partial charge on any atom is -0.503 e. The van der Waals surface area contributed by atoms with Gasteiger partial charge in [0.1, 0.15) is 0 Å². The third-order valence-corrected chi connectivity index (χ3v) is 5.22. The predicted octanol–water partition coefficient (Wildman–Crippen LogP) is 4.47. The Hall–Kier alpha value is -0.740. The summed E-state index contributed by atoms with van der Waals surface area (Å²) in [6, 6.07) is 3.83. The molecule has 0 amide bonds. The van der Waals surface area contributed by atoms with Gasteiger partial charge in [-0.1, -0.05) is 26.2 Å². The van der Waals surface area contributed by atoms with Crippen molar-refractivity contribution in [3.63, 3.8) is 0 Å². The quantitative estimate of drug-likeness (QED) is 0.790. The van der Waals surface area contributed by atoms with Gasteiger partial charge in [-0.2, -0.15) is 0 Å². The monoisotopic (exact) mass is 355 g/mol. The molecule has 0 radical (unpaired) electrons. The minimum absolute atomic E-state index is 0.166. The van der Waals surface area contributed by atoms with Gasteiger partial charge in [0.2, 0.25) is 0 Å². The lowest BCUT2D eigenvalue weighted by molar-refractivity contribution is 0.262. The van der Waals surface area contributed by atoms with Crippen LogP contribution in [0.5, 0.6) is 11.5 Å². The average Bonchev–Trinajstić information content (AvgIpc) is 2.51. The normalized spacial score (nSPS) is 22.2. The summed E-state index contributed by atoms with van der Waals surface area (Å²) in [5.41, 5.74) is 1.12. The Bertz CT molecular complexity index is 456. The van der Waals surface area contributed by atoms with E-state index in [0.717, 1.165) is 30.5 Å². The molecule has 0 saturated heterocycles. The first-order chi connectivity index (χ1) is 10.1. The highest BCUT2D eigenvalue weighted by Gasteiger charge is 2.19. The zero-order chi connectivity index (χ0) is 15.2. The van der Waals surface area contributed by atoms with Crippen molar-refractivity contribution in [3.05, 3.63) is 22.2 Å². The van der Waals surface area contributed by atoms with Gasteiger partial charge in [-0.05, 0) is 64.8 Å². The minimum atomic E-state index is 0.166. The summed E-state index contributed by atoms with van der Waals surface area (Å²) in [6.07, 6.45) is 6.83. The average molecular weight is 356 g/mol. The maximum absolute atomic E-state index is 9.81. The van der Waals surface area contributed by atoms with Crippen LogP contribution < -0.4 is 10.1 Å². The third kappa shape index (κ3) is 4.62.